The van der Waals surface area contributed by atoms with E-state index in [4.69, 9.17) is 18.9 Å². The molecule has 0 unspecified atom stereocenters. The molecule has 0 radical (unpaired) electrons. The van der Waals surface area contributed by atoms with Crippen molar-refractivity contribution in [2.45, 2.75) is 13.5 Å². The quantitative estimate of drug-likeness (QED) is 0.465. The zero-order valence-corrected chi connectivity index (χ0v) is 19.7. The van der Waals surface area contributed by atoms with E-state index in [1.807, 2.05) is 49.4 Å². The van der Waals surface area contributed by atoms with Crippen LogP contribution in [0.2, 0.25) is 0 Å². The summed E-state index contributed by atoms with van der Waals surface area (Å²) in [5.41, 5.74) is 1.84. The number of pyridine rings is 1. The monoisotopic (exact) mass is 477 g/mol. The first kappa shape index (κ1) is 23.9. The van der Waals surface area contributed by atoms with Gasteiger partial charge >= 0.3 is 5.97 Å². The van der Waals surface area contributed by atoms with E-state index in [0.29, 0.717) is 43.7 Å². The van der Waals surface area contributed by atoms with Crippen molar-refractivity contribution in [1.82, 2.24) is 9.88 Å². The van der Waals surface area contributed by atoms with Crippen molar-refractivity contribution < 1.29 is 28.5 Å². The summed E-state index contributed by atoms with van der Waals surface area (Å²) in [6.07, 6.45) is 1.57. The molecule has 9 nitrogen and oxygen atoms in total. The van der Waals surface area contributed by atoms with Crippen molar-refractivity contribution >= 4 is 23.4 Å². The molecule has 0 atom stereocenters. The van der Waals surface area contributed by atoms with Gasteiger partial charge in [0.15, 0.2) is 18.1 Å². The fraction of sp³-hybridized carbons (Fsp3) is 0.269. The highest BCUT2D eigenvalue weighted by molar-refractivity contribution is 5.96. The average molecular weight is 478 g/mol. The molecule has 0 bridgehead atoms. The minimum absolute atomic E-state index is 0.226. The summed E-state index contributed by atoms with van der Waals surface area (Å²) in [6.45, 7) is 3.45. The first-order valence-electron chi connectivity index (χ1n) is 11.3. The molecule has 1 aliphatic rings. The number of nitrogens with zero attached hydrogens (tertiary/aromatic N) is 2. The molecule has 0 aliphatic carbocycles. The van der Waals surface area contributed by atoms with Crippen molar-refractivity contribution in [3.05, 3.63) is 71.9 Å². The number of carbonyl (C=O) groups excluding carboxylic acids is 2. The van der Waals surface area contributed by atoms with Crippen molar-refractivity contribution in [1.29, 1.82) is 0 Å². The van der Waals surface area contributed by atoms with Gasteiger partial charge in [-0.05, 0) is 61.0 Å². The second-order valence-corrected chi connectivity index (χ2v) is 7.79. The van der Waals surface area contributed by atoms with E-state index in [-0.39, 0.29) is 11.5 Å². The van der Waals surface area contributed by atoms with Crippen molar-refractivity contribution in [2.75, 3.05) is 38.8 Å². The number of amides is 1. The van der Waals surface area contributed by atoms with Crippen LogP contribution in [0.5, 0.6) is 17.2 Å². The molecular formula is C26H27N3O6. The Morgan fingerprint density at radius 2 is 1.83 bits per heavy atom. The molecule has 0 saturated heterocycles. The van der Waals surface area contributed by atoms with Crippen molar-refractivity contribution in [2.24, 2.45) is 0 Å². The Balaban J connectivity index is 1.33. The lowest BCUT2D eigenvalue weighted by atomic mass is 10.2. The second kappa shape index (κ2) is 11.2. The lowest BCUT2D eigenvalue weighted by Gasteiger charge is -2.21. The molecule has 182 valence electrons. The number of hydrogen-bond donors (Lipinski definition) is 1. The van der Waals surface area contributed by atoms with Crippen molar-refractivity contribution in [3.8, 4) is 17.2 Å². The maximum absolute atomic E-state index is 12.7. The smallest absolute Gasteiger partial charge is 0.342 e. The van der Waals surface area contributed by atoms with E-state index in [2.05, 4.69) is 10.3 Å². The van der Waals surface area contributed by atoms with Crippen molar-refractivity contribution in [3.63, 3.8) is 0 Å². The lowest BCUT2D eigenvalue weighted by molar-refractivity contribution is -0.133. The van der Waals surface area contributed by atoms with Crippen LogP contribution < -0.4 is 19.5 Å². The molecule has 1 aliphatic heterocycles. The van der Waals surface area contributed by atoms with Gasteiger partial charge in [-0.2, -0.15) is 0 Å². The van der Waals surface area contributed by atoms with Gasteiger partial charge in [-0.1, -0.05) is 6.07 Å². The molecule has 0 saturated carbocycles. The van der Waals surface area contributed by atoms with E-state index in [1.165, 1.54) is 4.90 Å². The Hall–Kier alpha value is -4.27. The number of nitrogens with one attached hydrogen (secondary N) is 1. The molecule has 1 N–H and O–H groups in total. The van der Waals surface area contributed by atoms with E-state index >= 15 is 0 Å². The molecule has 1 amide bonds. The minimum atomic E-state index is -0.646. The first-order chi connectivity index (χ1) is 17.0. The van der Waals surface area contributed by atoms with Gasteiger partial charge in [0.25, 0.3) is 5.91 Å². The fourth-order valence-corrected chi connectivity index (χ4v) is 3.47. The van der Waals surface area contributed by atoms with E-state index in [1.54, 1.807) is 25.4 Å². The van der Waals surface area contributed by atoms with Gasteiger partial charge in [0.05, 0.1) is 6.61 Å². The largest absolute Gasteiger partial charge is 0.494 e. The van der Waals surface area contributed by atoms with Crippen LogP contribution in [0.1, 0.15) is 22.8 Å². The summed E-state index contributed by atoms with van der Waals surface area (Å²) in [5, 5.41) is 3.11. The lowest BCUT2D eigenvalue weighted by Crippen LogP contribution is -2.31. The predicted molar refractivity (Wildman–Crippen MR) is 129 cm³/mol. The van der Waals surface area contributed by atoms with Crippen LogP contribution >= 0.6 is 0 Å². The first-order valence-corrected chi connectivity index (χ1v) is 11.3. The van der Waals surface area contributed by atoms with E-state index < -0.39 is 12.6 Å². The molecule has 9 heteroatoms. The van der Waals surface area contributed by atoms with Gasteiger partial charge in [-0.3, -0.25) is 4.79 Å². The molecule has 1 aromatic heterocycles. The molecule has 0 spiro atoms. The minimum Gasteiger partial charge on any atom is -0.494 e. The maximum Gasteiger partial charge on any atom is 0.342 e. The molecule has 4 rings (SSSR count). The third-order valence-corrected chi connectivity index (χ3v) is 5.23. The van der Waals surface area contributed by atoms with Gasteiger partial charge in [-0.25, -0.2) is 9.78 Å². The number of rotatable bonds is 9. The zero-order chi connectivity index (χ0) is 24.6. The van der Waals surface area contributed by atoms with Crippen LogP contribution in [-0.4, -0.2) is 55.2 Å². The number of likely N-dealkylation sites (N-methyl/N-ethyl adjacent to an activating group) is 1. The highest BCUT2D eigenvalue weighted by atomic mass is 16.6. The SMILES string of the molecule is CCOc1ccc(Nc2ncccc2C(=O)OCC(=O)N(C)Cc2ccc3c(c2)OCCO3)cc1. The number of anilines is 2. The molecule has 2 aromatic carbocycles. The highest BCUT2D eigenvalue weighted by Crippen LogP contribution is 2.31. The summed E-state index contributed by atoms with van der Waals surface area (Å²) < 4.78 is 21.8. The Bertz CT molecular complexity index is 1180. The third kappa shape index (κ3) is 6.20. The molecule has 2 heterocycles. The summed E-state index contributed by atoms with van der Waals surface area (Å²) >= 11 is 0. The standard InChI is InChI=1S/C26H27N3O6/c1-3-32-20-9-7-19(8-10-20)28-25-21(5-4-12-27-25)26(31)35-17-24(30)29(2)16-18-6-11-22-23(15-18)34-14-13-33-22/h4-12,15H,3,13-14,16-17H2,1-2H3,(H,27,28). The predicted octanol–water partition coefficient (Wildman–Crippen LogP) is 3.81. The van der Waals surface area contributed by atoms with Gasteiger partial charge in [0.2, 0.25) is 0 Å². The van der Waals surface area contributed by atoms with E-state index in [0.717, 1.165) is 17.0 Å². The summed E-state index contributed by atoms with van der Waals surface area (Å²) in [5.74, 6) is 1.45. The number of fused-ring (bicyclic) bond motifs is 1. The number of carbonyl (C=O) groups is 2. The normalized spacial score (nSPS) is 11.9. The molecule has 35 heavy (non-hydrogen) atoms. The zero-order valence-electron chi connectivity index (χ0n) is 19.7. The molecule has 0 fully saturated rings. The highest BCUT2D eigenvalue weighted by Gasteiger charge is 2.18. The molecular weight excluding hydrogens is 450 g/mol. The Labute approximate surface area is 203 Å². The van der Waals surface area contributed by atoms with Gasteiger partial charge < -0.3 is 29.2 Å². The number of aromatic nitrogens is 1. The maximum atomic E-state index is 12.7. The van der Waals surface area contributed by atoms with Gasteiger partial charge in [0.1, 0.15) is 30.3 Å². The van der Waals surface area contributed by atoms with Gasteiger partial charge in [-0.15, -0.1) is 0 Å². The average Bonchev–Trinajstić information content (AvgIpc) is 2.88. The second-order valence-electron chi connectivity index (χ2n) is 7.79. The molecule has 3 aromatic rings. The fourth-order valence-electron chi connectivity index (χ4n) is 3.47. The van der Waals surface area contributed by atoms with Crippen LogP contribution in [0.3, 0.4) is 0 Å². The van der Waals surface area contributed by atoms with Gasteiger partial charge in [0, 0.05) is 25.5 Å². The topological polar surface area (TPSA) is 99.2 Å². The van der Waals surface area contributed by atoms with Crippen LogP contribution in [0.25, 0.3) is 0 Å². The Kier molecular flexibility index (Phi) is 7.67. The number of benzene rings is 2. The number of esters is 1. The van der Waals surface area contributed by atoms with E-state index in [9.17, 15) is 9.59 Å². The van der Waals surface area contributed by atoms with Crippen LogP contribution in [-0.2, 0) is 16.1 Å². The Morgan fingerprint density at radius 3 is 2.60 bits per heavy atom. The summed E-state index contributed by atoms with van der Waals surface area (Å²) in [6, 6.07) is 16.1. The summed E-state index contributed by atoms with van der Waals surface area (Å²) in [4.78, 5) is 31.0. The summed E-state index contributed by atoms with van der Waals surface area (Å²) in [7, 11) is 1.65. The third-order valence-electron chi connectivity index (χ3n) is 5.23. The number of hydrogen-bond acceptors (Lipinski definition) is 8. The Morgan fingerprint density at radius 1 is 1.06 bits per heavy atom. The number of ether oxygens (including phenoxy) is 4. The van der Waals surface area contributed by atoms with Crippen LogP contribution in [0, 0.1) is 0 Å². The van der Waals surface area contributed by atoms with Crippen LogP contribution in [0.4, 0.5) is 11.5 Å². The van der Waals surface area contributed by atoms with Crippen LogP contribution in [0.15, 0.2) is 60.8 Å².